The molecule has 0 aliphatic heterocycles. The normalized spacial score (nSPS) is 17.4. The second kappa shape index (κ2) is 8.04. The van der Waals surface area contributed by atoms with Gasteiger partial charge in [0.15, 0.2) is 8.38 Å². The summed E-state index contributed by atoms with van der Waals surface area (Å²) in [4.78, 5) is 0. The summed E-state index contributed by atoms with van der Waals surface area (Å²) in [6, 6.07) is 0. The molecule has 0 atom stereocenters. The van der Waals surface area contributed by atoms with Crippen molar-refractivity contribution in [3.63, 3.8) is 0 Å². The van der Waals surface area contributed by atoms with E-state index < -0.39 is 8.38 Å². The van der Waals surface area contributed by atoms with Crippen molar-refractivity contribution < 1.29 is 9.05 Å². The van der Waals surface area contributed by atoms with Crippen LogP contribution in [0.5, 0.6) is 0 Å². The highest BCUT2D eigenvalue weighted by molar-refractivity contribution is 7.50. The molecule has 0 heterocycles. The molecule has 0 aromatic rings. The van der Waals surface area contributed by atoms with E-state index in [1.54, 1.807) is 0 Å². The number of hydrogen-bond donors (Lipinski definition) is 0. The molecule has 2 nitrogen and oxygen atoms in total. The number of rotatable bonds is 6. The van der Waals surface area contributed by atoms with E-state index in [0.29, 0.717) is 0 Å². The predicted octanol–water partition coefficient (Wildman–Crippen LogP) is 4.39. The molecule has 1 aliphatic carbocycles. The molecule has 0 radical (unpaired) electrons. The lowest BCUT2D eigenvalue weighted by Gasteiger charge is -2.12. The fourth-order valence-corrected chi connectivity index (χ4v) is 2.62. The predicted molar refractivity (Wildman–Crippen MR) is 65.9 cm³/mol. The van der Waals surface area contributed by atoms with Gasteiger partial charge in [-0.25, -0.2) is 0 Å². The van der Waals surface area contributed by atoms with E-state index in [1.807, 2.05) is 13.8 Å². The zero-order valence-electron chi connectivity index (χ0n) is 9.74. The maximum atomic E-state index is 5.50. The van der Waals surface area contributed by atoms with E-state index in [2.05, 4.69) is 18.0 Å². The van der Waals surface area contributed by atoms with E-state index >= 15 is 0 Å². The number of allylic oxidation sites excluding steroid dienone is 3. The Morgan fingerprint density at radius 1 is 1.27 bits per heavy atom. The van der Waals surface area contributed by atoms with Crippen molar-refractivity contribution in [1.82, 2.24) is 0 Å². The second-order valence-electron chi connectivity index (χ2n) is 3.46. The average Bonchev–Trinajstić information content (AvgIpc) is 2.28. The number of hydrogen-bond acceptors (Lipinski definition) is 2. The monoisotopic (exact) mass is 228 g/mol. The van der Waals surface area contributed by atoms with Gasteiger partial charge >= 0.3 is 0 Å². The maximum Gasteiger partial charge on any atom is 0.197 e. The van der Waals surface area contributed by atoms with Crippen LogP contribution >= 0.6 is 8.38 Å². The molecule has 0 amide bonds. The molecule has 0 N–H and O–H groups in total. The Bertz CT molecular complexity index is 218. The Balaban J connectivity index is 2.40. The molecule has 0 aromatic heterocycles. The summed E-state index contributed by atoms with van der Waals surface area (Å²) in [5, 5.41) is 0. The largest absolute Gasteiger partial charge is 0.331 e. The molecule has 86 valence electrons. The standard InChI is InChI=1S/C12H21O2P/c1-3-13-15(14-4-2)11-10-12-8-6-5-7-9-12/h8,10-11H,3-7,9H2,1-2H3/b11-10+. The smallest absolute Gasteiger partial charge is 0.197 e. The molecule has 3 heteroatoms. The van der Waals surface area contributed by atoms with Crippen LogP contribution in [0.4, 0.5) is 0 Å². The van der Waals surface area contributed by atoms with Crippen molar-refractivity contribution in [2.75, 3.05) is 13.2 Å². The van der Waals surface area contributed by atoms with Crippen LogP contribution in [0.2, 0.25) is 0 Å². The molecule has 15 heavy (non-hydrogen) atoms. The lowest BCUT2D eigenvalue weighted by atomic mass is 10.0. The summed E-state index contributed by atoms with van der Waals surface area (Å²) in [5.74, 6) is 2.08. The SMILES string of the molecule is CCOP(/C=C/C1=CCCCC1)OCC. The molecule has 0 spiro atoms. The maximum absolute atomic E-state index is 5.50. The van der Waals surface area contributed by atoms with Crippen molar-refractivity contribution in [3.8, 4) is 0 Å². The molecule has 0 unspecified atom stereocenters. The van der Waals surface area contributed by atoms with Gasteiger partial charge < -0.3 is 9.05 Å². The summed E-state index contributed by atoms with van der Waals surface area (Å²) in [6.45, 7) is 5.44. The fourth-order valence-electron chi connectivity index (χ4n) is 1.55. The van der Waals surface area contributed by atoms with Crippen molar-refractivity contribution in [3.05, 3.63) is 23.5 Å². The molecular formula is C12H21O2P. The highest BCUT2D eigenvalue weighted by Gasteiger charge is 2.05. The topological polar surface area (TPSA) is 18.5 Å². The first kappa shape index (κ1) is 12.9. The van der Waals surface area contributed by atoms with Crippen molar-refractivity contribution in [2.24, 2.45) is 0 Å². The molecule has 1 rings (SSSR count). The van der Waals surface area contributed by atoms with Crippen LogP contribution in [0.25, 0.3) is 0 Å². The first-order valence-electron chi connectivity index (χ1n) is 5.79. The van der Waals surface area contributed by atoms with Crippen LogP contribution < -0.4 is 0 Å². The van der Waals surface area contributed by atoms with Crippen molar-refractivity contribution in [2.45, 2.75) is 39.5 Å². The highest BCUT2D eigenvalue weighted by atomic mass is 31.2. The Morgan fingerprint density at radius 3 is 2.53 bits per heavy atom. The van der Waals surface area contributed by atoms with Crippen LogP contribution in [0.1, 0.15) is 39.5 Å². The van der Waals surface area contributed by atoms with Crippen LogP contribution in [-0.4, -0.2) is 13.2 Å². The van der Waals surface area contributed by atoms with E-state index in [1.165, 1.54) is 31.3 Å². The minimum Gasteiger partial charge on any atom is -0.331 e. The molecule has 0 aromatic carbocycles. The second-order valence-corrected chi connectivity index (χ2v) is 4.85. The van der Waals surface area contributed by atoms with Crippen molar-refractivity contribution in [1.29, 1.82) is 0 Å². The third kappa shape index (κ3) is 5.46. The third-order valence-corrected chi connectivity index (χ3v) is 3.67. The lowest BCUT2D eigenvalue weighted by Crippen LogP contribution is -1.90. The van der Waals surface area contributed by atoms with E-state index in [0.717, 1.165) is 13.2 Å². The van der Waals surface area contributed by atoms with E-state index in [9.17, 15) is 0 Å². The molecule has 0 saturated heterocycles. The van der Waals surface area contributed by atoms with Gasteiger partial charge in [-0.2, -0.15) is 0 Å². The van der Waals surface area contributed by atoms with Gasteiger partial charge in [-0.3, -0.25) is 0 Å². The Hall–Kier alpha value is -0.170. The average molecular weight is 228 g/mol. The quantitative estimate of drug-likeness (QED) is 0.628. The lowest BCUT2D eigenvalue weighted by molar-refractivity contribution is 0.276. The van der Waals surface area contributed by atoms with Crippen LogP contribution in [0.3, 0.4) is 0 Å². The molecule has 0 saturated carbocycles. The first-order chi connectivity index (χ1) is 7.36. The summed E-state index contributed by atoms with van der Waals surface area (Å²) in [6.07, 6.45) is 9.58. The summed E-state index contributed by atoms with van der Waals surface area (Å²) >= 11 is 0. The Morgan fingerprint density at radius 2 is 2.00 bits per heavy atom. The summed E-state index contributed by atoms with van der Waals surface area (Å²) in [7, 11) is -0.807. The molecule has 0 bridgehead atoms. The van der Waals surface area contributed by atoms with Gasteiger partial charge in [0.1, 0.15) is 0 Å². The Labute approximate surface area is 94.3 Å². The fraction of sp³-hybridized carbons (Fsp3) is 0.667. The van der Waals surface area contributed by atoms with Gasteiger partial charge in [0, 0.05) is 0 Å². The molecule has 0 fully saturated rings. The zero-order chi connectivity index (χ0) is 10.9. The minimum atomic E-state index is -0.807. The Kier molecular flexibility index (Phi) is 6.91. The highest BCUT2D eigenvalue weighted by Crippen LogP contribution is 2.40. The summed E-state index contributed by atoms with van der Waals surface area (Å²) in [5.41, 5.74) is 1.44. The van der Waals surface area contributed by atoms with Gasteiger partial charge in [-0.15, -0.1) is 0 Å². The van der Waals surface area contributed by atoms with Crippen LogP contribution in [0.15, 0.2) is 23.5 Å². The van der Waals surface area contributed by atoms with Gasteiger partial charge in [-0.1, -0.05) is 17.7 Å². The first-order valence-corrected chi connectivity index (χ1v) is 7.03. The van der Waals surface area contributed by atoms with Crippen LogP contribution in [-0.2, 0) is 9.05 Å². The van der Waals surface area contributed by atoms with Crippen LogP contribution in [0, 0.1) is 0 Å². The van der Waals surface area contributed by atoms with Crippen molar-refractivity contribution >= 4 is 8.38 Å². The minimum absolute atomic E-state index is 0.717. The van der Waals surface area contributed by atoms with E-state index in [-0.39, 0.29) is 0 Å². The van der Waals surface area contributed by atoms with Gasteiger partial charge in [0.2, 0.25) is 0 Å². The van der Waals surface area contributed by atoms with Gasteiger partial charge in [0.05, 0.1) is 13.2 Å². The van der Waals surface area contributed by atoms with E-state index in [4.69, 9.17) is 9.05 Å². The third-order valence-electron chi connectivity index (χ3n) is 2.25. The summed E-state index contributed by atoms with van der Waals surface area (Å²) < 4.78 is 11.0. The van der Waals surface area contributed by atoms with Gasteiger partial charge in [0.25, 0.3) is 0 Å². The van der Waals surface area contributed by atoms with Gasteiger partial charge in [-0.05, 0) is 45.3 Å². The zero-order valence-corrected chi connectivity index (χ0v) is 10.6. The molecular weight excluding hydrogens is 207 g/mol. The molecule has 1 aliphatic rings.